The summed E-state index contributed by atoms with van der Waals surface area (Å²) in [4.78, 5) is 4.53. The van der Waals surface area contributed by atoms with Gasteiger partial charge in [-0.1, -0.05) is 37.3 Å². The van der Waals surface area contributed by atoms with E-state index in [4.69, 9.17) is 0 Å². The minimum Gasteiger partial charge on any atom is -0.253 e. The van der Waals surface area contributed by atoms with E-state index in [0.29, 0.717) is 0 Å². The Morgan fingerprint density at radius 2 is 2.07 bits per heavy atom. The van der Waals surface area contributed by atoms with Gasteiger partial charge in [-0.25, -0.2) is 0 Å². The SMILES string of the molecule is C\C=C(C)/N=C1/C=CC=C/C1=C/CC. The van der Waals surface area contributed by atoms with Crippen LogP contribution in [-0.4, -0.2) is 5.71 Å². The summed E-state index contributed by atoms with van der Waals surface area (Å²) < 4.78 is 0. The highest BCUT2D eigenvalue weighted by molar-refractivity contribution is 6.11. The minimum atomic E-state index is 1.04. The predicted octanol–water partition coefficient (Wildman–Crippen LogP) is 3.81. The molecule has 0 atom stereocenters. The van der Waals surface area contributed by atoms with E-state index in [0.717, 1.165) is 17.8 Å². The maximum Gasteiger partial charge on any atom is 0.0701 e. The highest BCUT2D eigenvalue weighted by Gasteiger charge is 2.02. The third kappa shape index (κ3) is 2.84. The van der Waals surface area contributed by atoms with Gasteiger partial charge in [0.05, 0.1) is 5.71 Å². The first-order valence-electron chi connectivity index (χ1n) is 5.04. The van der Waals surface area contributed by atoms with Crippen LogP contribution in [-0.2, 0) is 0 Å². The van der Waals surface area contributed by atoms with Crippen LogP contribution < -0.4 is 0 Å². The molecule has 1 rings (SSSR count). The molecular formula is C13H17N. The Morgan fingerprint density at radius 1 is 1.36 bits per heavy atom. The van der Waals surface area contributed by atoms with Crippen LogP contribution in [0.25, 0.3) is 0 Å². The lowest BCUT2D eigenvalue weighted by Crippen LogP contribution is -2.00. The van der Waals surface area contributed by atoms with E-state index in [2.05, 4.69) is 30.1 Å². The van der Waals surface area contributed by atoms with Crippen LogP contribution in [0.2, 0.25) is 0 Å². The lowest BCUT2D eigenvalue weighted by Gasteiger charge is -2.06. The molecule has 0 N–H and O–H groups in total. The van der Waals surface area contributed by atoms with Crippen molar-refractivity contribution in [3.05, 3.63) is 47.7 Å². The number of rotatable bonds is 2. The van der Waals surface area contributed by atoms with Gasteiger partial charge in [0.1, 0.15) is 0 Å². The van der Waals surface area contributed by atoms with Crippen LogP contribution in [0, 0.1) is 0 Å². The van der Waals surface area contributed by atoms with Gasteiger partial charge in [0.15, 0.2) is 0 Å². The third-order valence-electron chi connectivity index (χ3n) is 2.08. The van der Waals surface area contributed by atoms with Crippen LogP contribution in [0.15, 0.2) is 52.7 Å². The van der Waals surface area contributed by atoms with Crippen molar-refractivity contribution < 1.29 is 0 Å². The summed E-state index contributed by atoms with van der Waals surface area (Å²) in [5.41, 5.74) is 3.34. The first-order valence-corrected chi connectivity index (χ1v) is 5.04. The van der Waals surface area contributed by atoms with Crippen LogP contribution in [0.1, 0.15) is 27.2 Å². The van der Waals surface area contributed by atoms with Crippen LogP contribution in [0.4, 0.5) is 0 Å². The topological polar surface area (TPSA) is 12.4 Å². The molecule has 0 amide bonds. The highest BCUT2D eigenvalue weighted by Crippen LogP contribution is 2.11. The molecule has 0 saturated carbocycles. The Morgan fingerprint density at radius 3 is 2.71 bits per heavy atom. The van der Waals surface area contributed by atoms with Gasteiger partial charge in [0.25, 0.3) is 0 Å². The molecule has 0 bridgehead atoms. The molecule has 14 heavy (non-hydrogen) atoms. The van der Waals surface area contributed by atoms with E-state index in [1.165, 1.54) is 5.57 Å². The monoisotopic (exact) mass is 187 g/mol. The average molecular weight is 187 g/mol. The zero-order valence-electron chi connectivity index (χ0n) is 9.12. The molecule has 1 aliphatic carbocycles. The van der Waals surface area contributed by atoms with Crippen molar-refractivity contribution in [2.24, 2.45) is 4.99 Å². The van der Waals surface area contributed by atoms with Crippen molar-refractivity contribution in [1.29, 1.82) is 0 Å². The molecule has 0 heterocycles. The van der Waals surface area contributed by atoms with E-state index < -0.39 is 0 Å². The summed E-state index contributed by atoms with van der Waals surface area (Å²) in [6, 6.07) is 0. The number of hydrogen-bond acceptors (Lipinski definition) is 1. The maximum absolute atomic E-state index is 4.53. The standard InChI is InChI=1S/C13H17N/c1-4-8-12-9-6-7-10-13(12)14-11(3)5-2/h5-10H,4H2,1-3H3/b11-5-,12-8-,14-13-. The third-order valence-corrected chi connectivity index (χ3v) is 2.08. The summed E-state index contributed by atoms with van der Waals surface area (Å²) in [5.74, 6) is 0. The number of hydrogen-bond donors (Lipinski definition) is 0. The summed E-state index contributed by atoms with van der Waals surface area (Å²) in [5, 5.41) is 0. The largest absolute Gasteiger partial charge is 0.253 e. The van der Waals surface area contributed by atoms with Crippen molar-refractivity contribution in [2.45, 2.75) is 27.2 Å². The molecule has 1 heteroatoms. The van der Waals surface area contributed by atoms with Crippen molar-refractivity contribution >= 4 is 5.71 Å². The first-order chi connectivity index (χ1) is 6.77. The Hall–Kier alpha value is -1.37. The second-order valence-corrected chi connectivity index (χ2v) is 3.21. The van der Waals surface area contributed by atoms with Gasteiger partial charge in [-0.2, -0.15) is 0 Å². The molecule has 0 aromatic carbocycles. The molecule has 1 aliphatic rings. The lowest BCUT2D eigenvalue weighted by molar-refractivity contribution is 1.21. The average Bonchev–Trinajstić information content (AvgIpc) is 2.21. The van der Waals surface area contributed by atoms with Crippen LogP contribution in [0.5, 0.6) is 0 Å². The van der Waals surface area contributed by atoms with Gasteiger partial charge in [-0.3, -0.25) is 4.99 Å². The fourth-order valence-corrected chi connectivity index (χ4v) is 1.24. The molecule has 0 fully saturated rings. The second kappa shape index (κ2) is 5.38. The maximum atomic E-state index is 4.53. The lowest BCUT2D eigenvalue weighted by atomic mass is 10.0. The molecule has 0 aromatic rings. The zero-order valence-corrected chi connectivity index (χ0v) is 9.12. The van der Waals surface area contributed by atoms with Crippen LogP contribution >= 0.6 is 0 Å². The van der Waals surface area contributed by atoms with Gasteiger partial charge in [0.2, 0.25) is 0 Å². The summed E-state index contributed by atoms with van der Waals surface area (Å²) in [7, 11) is 0. The van der Waals surface area contributed by atoms with Gasteiger partial charge in [-0.15, -0.1) is 0 Å². The van der Waals surface area contributed by atoms with E-state index in [1.54, 1.807) is 0 Å². The van der Waals surface area contributed by atoms with Crippen molar-refractivity contribution in [3.8, 4) is 0 Å². The molecular weight excluding hydrogens is 170 g/mol. The van der Waals surface area contributed by atoms with E-state index in [-0.39, 0.29) is 0 Å². The Labute approximate surface area is 86.2 Å². The molecule has 0 radical (unpaired) electrons. The normalized spacial score (nSPS) is 22.4. The van der Waals surface area contributed by atoms with Crippen molar-refractivity contribution in [1.82, 2.24) is 0 Å². The molecule has 1 nitrogen and oxygen atoms in total. The molecule has 0 unspecified atom stereocenters. The Kier molecular flexibility index (Phi) is 4.11. The Balaban J connectivity index is 2.97. The van der Waals surface area contributed by atoms with Crippen molar-refractivity contribution in [2.75, 3.05) is 0 Å². The number of nitrogens with zero attached hydrogens (tertiary/aromatic N) is 1. The van der Waals surface area contributed by atoms with Crippen molar-refractivity contribution in [3.63, 3.8) is 0 Å². The zero-order chi connectivity index (χ0) is 10.4. The van der Waals surface area contributed by atoms with Gasteiger partial charge in [-0.05, 0) is 31.9 Å². The number of aliphatic imine (C=N–C) groups is 1. The fourth-order valence-electron chi connectivity index (χ4n) is 1.24. The summed E-state index contributed by atoms with van der Waals surface area (Å²) in [6.07, 6.45) is 13.5. The fraction of sp³-hybridized carbons (Fsp3) is 0.308. The van der Waals surface area contributed by atoms with E-state index >= 15 is 0 Å². The molecule has 0 aliphatic heterocycles. The molecule has 0 spiro atoms. The minimum absolute atomic E-state index is 1.04. The highest BCUT2D eigenvalue weighted by atomic mass is 14.7. The van der Waals surface area contributed by atoms with E-state index in [9.17, 15) is 0 Å². The number of allylic oxidation sites excluding steroid dienone is 8. The smallest absolute Gasteiger partial charge is 0.0701 e. The second-order valence-electron chi connectivity index (χ2n) is 3.21. The molecule has 74 valence electrons. The predicted molar refractivity (Wildman–Crippen MR) is 63.5 cm³/mol. The molecule has 0 saturated heterocycles. The van der Waals surface area contributed by atoms with Gasteiger partial charge >= 0.3 is 0 Å². The van der Waals surface area contributed by atoms with Gasteiger partial charge in [0, 0.05) is 5.70 Å². The van der Waals surface area contributed by atoms with Gasteiger partial charge < -0.3 is 0 Å². The quantitative estimate of drug-likeness (QED) is 0.623. The first kappa shape index (κ1) is 10.7. The van der Waals surface area contributed by atoms with Crippen LogP contribution in [0.3, 0.4) is 0 Å². The van der Waals surface area contributed by atoms with E-state index in [1.807, 2.05) is 32.1 Å². The molecule has 0 aromatic heterocycles. The Bertz CT molecular complexity index is 338. The summed E-state index contributed by atoms with van der Waals surface area (Å²) >= 11 is 0. The summed E-state index contributed by atoms with van der Waals surface area (Å²) in [6.45, 7) is 6.16.